The van der Waals surface area contributed by atoms with Crippen LogP contribution in [-0.2, 0) is 14.8 Å². The highest BCUT2D eigenvalue weighted by molar-refractivity contribution is 7.89. The molecule has 0 aromatic heterocycles. The van der Waals surface area contributed by atoms with E-state index >= 15 is 0 Å². The van der Waals surface area contributed by atoms with Crippen molar-refractivity contribution in [1.82, 2.24) is 9.62 Å². The molecule has 1 saturated heterocycles. The first kappa shape index (κ1) is 15.9. The van der Waals surface area contributed by atoms with Crippen LogP contribution in [-0.4, -0.2) is 37.5 Å². The van der Waals surface area contributed by atoms with Crippen LogP contribution in [0, 0.1) is 5.82 Å². The number of amides is 1. The molecular formula is C13H14ClFN2O3S. The van der Waals surface area contributed by atoms with Crippen LogP contribution in [0.3, 0.4) is 0 Å². The zero-order chi connectivity index (χ0) is 15.6. The van der Waals surface area contributed by atoms with E-state index in [4.69, 9.17) is 11.6 Å². The lowest BCUT2D eigenvalue weighted by Gasteiger charge is -2.34. The molecule has 1 heterocycles. The Morgan fingerprint density at radius 1 is 1.48 bits per heavy atom. The summed E-state index contributed by atoms with van der Waals surface area (Å²) in [7, 11) is -3.86. The molecule has 1 atom stereocenters. The van der Waals surface area contributed by atoms with Crippen LogP contribution in [0.25, 0.3) is 0 Å². The van der Waals surface area contributed by atoms with Gasteiger partial charge < -0.3 is 5.32 Å². The third-order valence-corrected chi connectivity index (χ3v) is 5.18. The molecule has 0 bridgehead atoms. The predicted octanol–water partition coefficient (Wildman–Crippen LogP) is 1.38. The Morgan fingerprint density at radius 3 is 2.76 bits per heavy atom. The number of piperazine rings is 1. The van der Waals surface area contributed by atoms with Crippen molar-refractivity contribution < 1.29 is 17.6 Å². The molecule has 114 valence electrons. The van der Waals surface area contributed by atoms with Gasteiger partial charge in [0.25, 0.3) is 0 Å². The highest BCUT2D eigenvalue weighted by atomic mass is 35.5. The van der Waals surface area contributed by atoms with Gasteiger partial charge >= 0.3 is 0 Å². The van der Waals surface area contributed by atoms with E-state index in [0.717, 1.165) is 4.31 Å². The minimum atomic E-state index is -3.86. The zero-order valence-electron chi connectivity index (χ0n) is 11.1. The van der Waals surface area contributed by atoms with Crippen molar-refractivity contribution >= 4 is 27.5 Å². The average molecular weight is 333 g/mol. The van der Waals surface area contributed by atoms with Gasteiger partial charge in [-0.2, -0.15) is 4.31 Å². The normalized spacial score (nSPS) is 20.1. The lowest BCUT2D eigenvalue weighted by molar-refractivity contribution is -0.127. The molecule has 1 aliphatic heterocycles. The summed E-state index contributed by atoms with van der Waals surface area (Å²) in [4.78, 5) is 12.1. The zero-order valence-corrected chi connectivity index (χ0v) is 12.6. The largest absolute Gasteiger partial charge is 0.353 e. The van der Waals surface area contributed by atoms with Crippen LogP contribution in [0.5, 0.6) is 0 Å². The van der Waals surface area contributed by atoms with Crippen LogP contribution >= 0.6 is 11.6 Å². The number of nitrogens with one attached hydrogen (secondary N) is 1. The number of sulfonamides is 1. The Hall–Kier alpha value is -1.44. The van der Waals surface area contributed by atoms with Gasteiger partial charge in [-0.15, -0.1) is 0 Å². The van der Waals surface area contributed by atoms with Crippen LogP contribution in [0.15, 0.2) is 35.9 Å². The highest BCUT2D eigenvalue weighted by Crippen LogP contribution is 2.28. The maximum absolute atomic E-state index is 13.9. The fourth-order valence-corrected chi connectivity index (χ4v) is 4.09. The van der Waals surface area contributed by atoms with Gasteiger partial charge in [0.05, 0.1) is 5.75 Å². The number of carbonyl (C=O) groups excluding carboxylic acids is 1. The van der Waals surface area contributed by atoms with Crippen molar-refractivity contribution in [2.24, 2.45) is 0 Å². The van der Waals surface area contributed by atoms with Gasteiger partial charge in [-0.05, 0) is 6.07 Å². The number of nitrogens with zero attached hydrogens (tertiary/aromatic N) is 1. The fourth-order valence-electron chi connectivity index (χ4n) is 2.22. The van der Waals surface area contributed by atoms with Crippen molar-refractivity contribution in [1.29, 1.82) is 0 Å². The molecule has 1 aromatic rings. The van der Waals surface area contributed by atoms with E-state index in [2.05, 4.69) is 11.9 Å². The molecule has 0 saturated carbocycles. The van der Waals surface area contributed by atoms with E-state index in [1.807, 2.05) is 0 Å². The highest BCUT2D eigenvalue weighted by Gasteiger charge is 2.39. The number of halogens is 2. The van der Waals surface area contributed by atoms with Crippen molar-refractivity contribution in [2.75, 3.05) is 18.8 Å². The molecule has 8 heteroatoms. The molecule has 2 rings (SSSR count). The molecule has 0 spiro atoms. The van der Waals surface area contributed by atoms with Gasteiger partial charge in [0.1, 0.15) is 11.9 Å². The summed E-state index contributed by atoms with van der Waals surface area (Å²) in [6.07, 6.45) is 0. The van der Waals surface area contributed by atoms with E-state index in [-0.39, 0.29) is 23.7 Å². The second-order valence-electron chi connectivity index (χ2n) is 4.60. The standard InChI is InChI=1S/C13H14ClFN2O3S/c1-9(14)8-21(19,20)17-7-6-16-13(18)12(17)10-4-2-3-5-11(10)15/h2-5,12H,1,6-8H2,(H,16,18)/t12-/m1/s1. The number of hydrogen-bond donors (Lipinski definition) is 1. The van der Waals surface area contributed by atoms with Gasteiger partial charge in [0.15, 0.2) is 0 Å². The summed E-state index contributed by atoms with van der Waals surface area (Å²) < 4.78 is 39.5. The second-order valence-corrected chi connectivity index (χ2v) is 7.06. The van der Waals surface area contributed by atoms with Crippen LogP contribution < -0.4 is 5.32 Å². The summed E-state index contributed by atoms with van der Waals surface area (Å²) in [6, 6.07) is 4.36. The Balaban J connectivity index is 2.46. The number of carbonyl (C=O) groups is 1. The Labute approximate surface area is 127 Å². The molecule has 0 radical (unpaired) electrons. The van der Waals surface area contributed by atoms with Crippen LogP contribution in [0.4, 0.5) is 4.39 Å². The molecule has 1 N–H and O–H groups in total. The smallest absolute Gasteiger partial charge is 0.243 e. The van der Waals surface area contributed by atoms with Gasteiger partial charge in [-0.3, -0.25) is 4.79 Å². The molecule has 0 unspecified atom stereocenters. The third kappa shape index (κ3) is 3.42. The van der Waals surface area contributed by atoms with Crippen molar-refractivity contribution in [3.8, 4) is 0 Å². The molecule has 21 heavy (non-hydrogen) atoms. The summed E-state index contributed by atoms with van der Waals surface area (Å²) in [6.45, 7) is 3.57. The van der Waals surface area contributed by atoms with E-state index in [1.54, 1.807) is 6.07 Å². The van der Waals surface area contributed by atoms with Gasteiger partial charge in [0.2, 0.25) is 15.9 Å². The summed E-state index contributed by atoms with van der Waals surface area (Å²) in [5.41, 5.74) is 0.0125. The maximum Gasteiger partial charge on any atom is 0.243 e. The molecule has 1 aliphatic rings. The number of rotatable bonds is 4. The first-order valence-corrected chi connectivity index (χ1v) is 8.16. The van der Waals surface area contributed by atoms with E-state index < -0.39 is 33.5 Å². The molecule has 0 aliphatic carbocycles. The first-order chi connectivity index (χ1) is 9.83. The Kier molecular flexibility index (Phi) is 4.65. The molecule has 1 amide bonds. The molecule has 1 fully saturated rings. The van der Waals surface area contributed by atoms with Crippen molar-refractivity contribution in [2.45, 2.75) is 6.04 Å². The average Bonchev–Trinajstić information content (AvgIpc) is 2.38. The van der Waals surface area contributed by atoms with Gasteiger partial charge in [-0.25, -0.2) is 12.8 Å². The predicted molar refractivity (Wildman–Crippen MR) is 77.6 cm³/mol. The SMILES string of the molecule is C=C(Cl)CS(=O)(=O)N1CCNC(=O)[C@H]1c1ccccc1F. The Morgan fingerprint density at radius 2 is 2.14 bits per heavy atom. The lowest BCUT2D eigenvalue weighted by Crippen LogP contribution is -2.52. The lowest BCUT2D eigenvalue weighted by atomic mass is 10.0. The Bertz CT molecular complexity index is 678. The van der Waals surface area contributed by atoms with Gasteiger partial charge in [-0.1, -0.05) is 36.4 Å². The quantitative estimate of drug-likeness (QED) is 0.906. The van der Waals surface area contributed by atoms with Crippen LogP contribution in [0.2, 0.25) is 0 Å². The number of benzene rings is 1. The fraction of sp³-hybridized carbons (Fsp3) is 0.308. The molecule has 5 nitrogen and oxygen atoms in total. The van der Waals surface area contributed by atoms with Crippen molar-refractivity contribution in [3.63, 3.8) is 0 Å². The minimum absolute atomic E-state index is 0.0125. The third-order valence-electron chi connectivity index (χ3n) is 3.06. The van der Waals surface area contributed by atoms with Gasteiger partial charge in [0, 0.05) is 23.7 Å². The summed E-state index contributed by atoms with van der Waals surface area (Å²) in [5, 5.41) is 2.48. The van der Waals surface area contributed by atoms with E-state index in [0.29, 0.717) is 0 Å². The minimum Gasteiger partial charge on any atom is -0.353 e. The summed E-state index contributed by atoms with van der Waals surface area (Å²) >= 11 is 5.57. The number of hydrogen-bond acceptors (Lipinski definition) is 3. The second kappa shape index (κ2) is 6.13. The molecular weight excluding hydrogens is 319 g/mol. The van der Waals surface area contributed by atoms with E-state index in [9.17, 15) is 17.6 Å². The van der Waals surface area contributed by atoms with Crippen LogP contribution in [0.1, 0.15) is 11.6 Å². The first-order valence-electron chi connectivity index (χ1n) is 6.18. The monoisotopic (exact) mass is 332 g/mol. The topological polar surface area (TPSA) is 66.5 Å². The maximum atomic E-state index is 13.9. The molecule has 1 aromatic carbocycles. The van der Waals surface area contributed by atoms with Crippen molar-refractivity contribution in [3.05, 3.63) is 47.3 Å². The summed E-state index contributed by atoms with van der Waals surface area (Å²) in [5.74, 6) is -1.69. The van der Waals surface area contributed by atoms with E-state index in [1.165, 1.54) is 18.2 Å².